The number of carbonyl (C=O) groups is 1. The zero-order valence-corrected chi connectivity index (χ0v) is 16.1. The van der Waals surface area contributed by atoms with Gasteiger partial charge in [0.05, 0.1) is 19.8 Å². The highest BCUT2D eigenvalue weighted by atomic mass is 35.5. The van der Waals surface area contributed by atoms with E-state index in [1.807, 2.05) is 45.0 Å². The molecular formula is C20H25ClN2O3. The molecule has 0 fully saturated rings. The van der Waals surface area contributed by atoms with Crippen LogP contribution >= 0.6 is 11.6 Å². The number of carbonyl (C=O) groups excluding carboxylic acids is 1. The van der Waals surface area contributed by atoms with E-state index in [1.165, 1.54) is 0 Å². The van der Waals surface area contributed by atoms with Gasteiger partial charge in [0.15, 0.2) is 11.5 Å². The molecule has 0 unspecified atom stereocenters. The minimum Gasteiger partial charge on any atom is -0.490 e. The van der Waals surface area contributed by atoms with Crippen molar-refractivity contribution in [3.63, 3.8) is 0 Å². The molecule has 0 heterocycles. The number of amides is 1. The van der Waals surface area contributed by atoms with Gasteiger partial charge in [-0.1, -0.05) is 23.7 Å². The van der Waals surface area contributed by atoms with Crippen molar-refractivity contribution in [3.05, 3.63) is 53.1 Å². The molecule has 140 valence electrons. The number of benzene rings is 2. The first-order valence-corrected chi connectivity index (χ1v) is 9.09. The molecule has 2 N–H and O–H groups in total. The topological polar surface area (TPSA) is 59.6 Å². The second-order valence-electron chi connectivity index (χ2n) is 5.73. The maximum absolute atomic E-state index is 12.2. The second kappa shape index (κ2) is 10.0. The molecular weight excluding hydrogens is 352 g/mol. The Balaban J connectivity index is 1.92. The molecule has 26 heavy (non-hydrogen) atoms. The van der Waals surface area contributed by atoms with Crippen molar-refractivity contribution < 1.29 is 14.3 Å². The fraction of sp³-hybridized carbons (Fsp3) is 0.350. The summed E-state index contributed by atoms with van der Waals surface area (Å²) in [6.07, 6.45) is 0. The van der Waals surface area contributed by atoms with E-state index in [1.54, 1.807) is 18.2 Å². The fourth-order valence-corrected chi connectivity index (χ4v) is 2.58. The Morgan fingerprint density at radius 2 is 1.69 bits per heavy atom. The number of halogens is 1. The van der Waals surface area contributed by atoms with Crippen LogP contribution in [0.15, 0.2) is 42.5 Å². The van der Waals surface area contributed by atoms with Crippen molar-refractivity contribution in [2.24, 2.45) is 0 Å². The standard InChI is InChI=1S/C20H25ClN2O3/c1-4-25-18-11-10-17(12-19(18)26-5-2)23-20(24)13-22-14(3)15-6-8-16(21)9-7-15/h6-12,14,22H,4-5,13H2,1-3H3,(H,23,24)/t14-/m0/s1. The van der Waals surface area contributed by atoms with Gasteiger partial charge in [0.25, 0.3) is 0 Å². The van der Waals surface area contributed by atoms with Gasteiger partial charge in [-0.2, -0.15) is 0 Å². The van der Waals surface area contributed by atoms with Crippen LogP contribution in [0.25, 0.3) is 0 Å². The van der Waals surface area contributed by atoms with Crippen LogP contribution in [-0.4, -0.2) is 25.7 Å². The number of nitrogens with one attached hydrogen (secondary N) is 2. The monoisotopic (exact) mass is 376 g/mol. The lowest BCUT2D eigenvalue weighted by molar-refractivity contribution is -0.115. The van der Waals surface area contributed by atoms with Gasteiger partial charge < -0.3 is 20.1 Å². The largest absolute Gasteiger partial charge is 0.490 e. The Bertz CT molecular complexity index is 719. The maximum Gasteiger partial charge on any atom is 0.238 e. The van der Waals surface area contributed by atoms with E-state index in [2.05, 4.69) is 10.6 Å². The number of hydrogen-bond donors (Lipinski definition) is 2. The van der Waals surface area contributed by atoms with Gasteiger partial charge in [-0.05, 0) is 50.6 Å². The third-order valence-corrected chi connectivity index (χ3v) is 4.02. The summed E-state index contributed by atoms with van der Waals surface area (Å²) in [4.78, 5) is 12.2. The van der Waals surface area contributed by atoms with Gasteiger partial charge in [-0.3, -0.25) is 4.79 Å². The SMILES string of the molecule is CCOc1ccc(NC(=O)CN[C@@H](C)c2ccc(Cl)cc2)cc1OCC. The zero-order chi connectivity index (χ0) is 18.9. The Labute approximate surface area is 159 Å². The minimum absolute atomic E-state index is 0.0392. The van der Waals surface area contributed by atoms with E-state index < -0.39 is 0 Å². The van der Waals surface area contributed by atoms with E-state index in [0.29, 0.717) is 35.4 Å². The maximum atomic E-state index is 12.2. The van der Waals surface area contributed by atoms with Crippen molar-refractivity contribution in [2.75, 3.05) is 25.1 Å². The average molecular weight is 377 g/mol. The lowest BCUT2D eigenvalue weighted by atomic mass is 10.1. The molecule has 0 aliphatic carbocycles. The Morgan fingerprint density at radius 1 is 1.04 bits per heavy atom. The van der Waals surface area contributed by atoms with Gasteiger partial charge >= 0.3 is 0 Å². The predicted octanol–water partition coefficient (Wildman–Crippen LogP) is 4.43. The molecule has 2 aromatic rings. The molecule has 0 aromatic heterocycles. The van der Waals surface area contributed by atoms with Gasteiger partial charge in [0.1, 0.15) is 0 Å². The van der Waals surface area contributed by atoms with E-state index in [0.717, 1.165) is 5.56 Å². The van der Waals surface area contributed by atoms with Gasteiger partial charge in [-0.25, -0.2) is 0 Å². The van der Waals surface area contributed by atoms with Crippen molar-refractivity contribution in [3.8, 4) is 11.5 Å². The minimum atomic E-state index is -0.127. The molecule has 0 saturated heterocycles. The van der Waals surface area contributed by atoms with Crippen molar-refractivity contribution in [1.29, 1.82) is 0 Å². The molecule has 0 spiro atoms. The molecule has 1 amide bonds. The van der Waals surface area contributed by atoms with Crippen LogP contribution in [0, 0.1) is 0 Å². The molecule has 2 aromatic carbocycles. The molecule has 2 rings (SSSR count). The first kappa shape index (κ1) is 20.1. The molecule has 5 nitrogen and oxygen atoms in total. The molecule has 0 aliphatic heterocycles. The summed E-state index contributed by atoms with van der Waals surface area (Å²) in [5.41, 5.74) is 1.74. The van der Waals surface area contributed by atoms with Crippen LogP contribution in [0.2, 0.25) is 5.02 Å². The molecule has 6 heteroatoms. The lowest BCUT2D eigenvalue weighted by Crippen LogP contribution is -2.30. The summed E-state index contributed by atoms with van der Waals surface area (Å²) in [5, 5.41) is 6.76. The molecule has 0 aliphatic rings. The summed E-state index contributed by atoms with van der Waals surface area (Å²) in [6, 6.07) is 13.0. The van der Waals surface area contributed by atoms with Crippen molar-refractivity contribution in [1.82, 2.24) is 5.32 Å². The van der Waals surface area contributed by atoms with Crippen LogP contribution in [-0.2, 0) is 4.79 Å². The average Bonchev–Trinajstić information content (AvgIpc) is 2.63. The van der Waals surface area contributed by atoms with Gasteiger partial charge in [-0.15, -0.1) is 0 Å². The first-order chi connectivity index (χ1) is 12.5. The van der Waals surface area contributed by atoms with Crippen LogP contribution in [0.5, 0.6) is 11.5 Å². The van der Waals surface area contributed by atoms with Gasteiger partial charge in [0.2, 0.25) is 5.91 Å². The summed E-state index contributed by atoms with van der Waals surface area (Å²) < 4.78 is 11.1. The third kappa shape index (κ3) is 5.93. The zero-order valence-electron chi connectivity index (χ0n) is 15.3. The van der Waals surface area contributed by atoms with Crippen LogP contribution < -0.4 is 20.1 Å². The Hall–Kier alpha value is -2.24. The normalized spacial score (nSPS) is 11.7. The van der Waals surface area contributed by atoms with E-state index in [9.17, 15) is 4.79 Å². The Kier molecular flexibility index (Phi) is 7.75. The number of ether oxygens (including phenoxy) is 2. The Morgan fingerprint density at radius 3 is 2.35 bits per heavy atom. The number of anilines is 1. The fourth-order valence-electron chi connectivity index (χ4n) is 2.45. The highest BCUT2D eigenvalue weighted by Gasteiger charge is 2.10. The van der Waals surface area contributed by atoms with E-state index >= 15 is 0 Å². The van der Waals surface area contributed by atoms with Crippen LogP contribution in [0.4, 0.5) is 5.69 Å². The third-order valence-electron chi connectivity index (χ3n) is 3.77. The first-order valence-electron chi connectivity index (χ1n) is 8.71. The molecule has 0 radical (unpaired) electrons. The smallest absolute Gasteiger partial charge is 0.238 e. The van der Waals surface area contributed by atoms with Crippen molar-refractivity contribution in [2.45, 2.75) is 26.8 Å². The molecule has 0 bridgehead atoms. The predicted molar refractivity (Wildman–Crippen MR) is 105 cm³/mol. The van der Waals surface area contributed by atoms with Gasteiger partial charge in [0, 0.05) is 22.8 Å². The molecule has 1 atom stereocenters. The highest BCUT2D eigenvalue weighted by Crippen LogP contribution is 2.30. The highest BCUT2D eigenvalue weighted by molar-refractivity contribution is 6.30. The summed E-state index contributed by atoms with van der Waals surface area (Å²) in [7, 11) is 0. The summed E-state index contributed by atoms with van der Waals surface area (Å²) >= 11 is 5.90. The number of rotatable bonds is 9. The number of hydrogen-bond acceptors (Lipinski definition) is 4. The molecule has 0 saturated carbocycles. The summed E-state index contributed by atoms with van der Waals surface area (Å²) in [5.74, 6) is 1.16. The van der Waals surface area contributed by atoms with Crippen molar-refractivity contribution >= 4 is 23.2 Å². The summed E-state index contributed by atoms with van der Waals surface area (Å²) in [6.45, 7) is 7.10. The van der Waals surface area contributed by atoms with Crippen LogP contribution in [0.3, 0.4) is 0 Å². The van der Waals surface area contributed by atoms with Crippen LogP contribution in [0.1, 0.15) is 32.4 Å². The second-order valence-corrected chi connectivity index (χ2v) is 6.17. The van der Waals surface area contributed by atoms with E-state index in [4.69, 9.17) is 21.1 Å². The quantitative estimate of drug-likeness (QED) is 0.679. The lowest BCUT2D eigenvalue weighted by Gasteiger charge is -2.15. The van der Waals surface area contributed by atoms with E-state index in [-0.39, 0.29) is 18.5 Å².